The lowest BCUT2D eigenvalue weighted by Gasteiger charge is -2.32. The van der Waals surface area contributed by atoms with E-state index >= 15 is 0 Å². The molecule has 3 rings (SSSR count). The maximum Gasteiger partial charge on any atom is 0.220 e. The van der Waals surface area contributed by atoms with Gasteiger partial charge in [-0.25, -0.2) is 0 Å². The molecule has 1 aliphatic rings. The normalized spacial score (nSPS) is 17.0. The summed E-state index contributed by atoms with van der Waals surface area (Å²) in [6.07, 6.45) is 3.59. The van der Waals surface area contributed by atoms with Crippen LogP contribution in [-0.2, 0) is 17.8 Å². The van der Waals surface area contributed by atoms with E-state index < -0.39 is 0 Å². The number of halogens is 2. The highest BCUT2D eigenvalue weighted by Crippen LogP contribution is 2.24. The Labute approximate surface area is 171 Å². The van der Waals surface area contributed by atoms with Crippen LogP contribution < -0.4 is 10.2 Å². The van der Waals surface area contributed by atoms with E-state index in [-0.39, 0.29) is 5.91 Å². The van der Waals surface area contributed by atoms with E-state index in [0.29, 0.717) is 29.4 Å². The van der Waals surface area contributed by atoms with Crippen molar-refractivity contribution in [3.63, 3.8) is 0 Å². The van der Waals surface area contributed by atoms with Gasteiger partial charge in [0.1, 0.15) is 0 Å². The van der Waals surface area contributed by atoms with Crippen molar-refractivity contribution in [2.45, 2.75) is 39.2 Å². The van der Waals surface area contributed by atoms with Crippen LogP contribution in [0.3, 0.4) is 0 Å². The lowest BCUT2D eigenvalue weighted by Crippen LogP contribution is -2.34. The first-order chi connectivity index (χ1) is 13.0. The molecule has 0 saturated carbocycles. The summed E-state index contributed by atoms with van der Waals surface area (Å²) in [6.45, 7) is 5.12. The number of hydrogen-bond acceptors (Lipinski definition) is 2. The zero-order chi connectivity index (χ0) is 19.2. The van der Waals surface area contributed by atoms with Crippen LogP contribution in [0.5, 0.6) is 0 Å². The van der Waals surface area contributed by atoms with Gasteiger partial charge < -0.3 is 10.2 Å². The highest BCUT2D eigenvalue weighted by atomic mass is 35.5. The molecule has 1 aliphatic heterocycles. The van der Waals surface area contributed by atoms with Crippen molar-refractivity contribution in [1.29, 1.82) is 0 Å². The first-order valence-electron chi connectivity index (χ1n) is 9.56. The Morgan fingerprint density at radius 1 is 1.19 bits per heavy atom. The second-order valence-corrected chi connectivity index (χ2v) is 8.22. The van der Waals surface area contributed by atoms with Crippen molar-refractivity contribution in [2.24, 2.45) is 5.92 Å². The number of rotatable bonds is 6. The average Bonchev–Trinajstić information content (AvgIpc) is 2.66. The molecule has 1 N–H and O–H groups in total. The fraction of sp³-hybridized carbons (Fsp3) is 0.409. The maximum absolute atomic E-state index is 12.1. The highest BCUT2D eigenvalue weighted by Gasteiger charge is 2.16. The van der Waals surface area contributed by atoms with E-state index in [2.05, 4.69) is 41.4 Å². The standard InChI is InChI=1S/C22H26Cl2N2O/c1-16-3-2-12-26(15-16)20-9-4-17(5-10-20)14-25-22(27)11-7-18-6-8-19(23)13-21(18)24/h4-6,8-10,13,16H,2-3,7,11-12,14-15H2,1H3,(H,25,27)/t16-/m1/s1. The minimum absolute atomic E-state index is 0.0231. The van der Waals surface area contributed by atoms with E-state index in [9.17, 15) is 4.79 Å². The third-order valence-electron chi connectivity index (χ3n) is 5.08. The van der Waals surface area contributed by atoms with Gasteiger partial charge in [-0.15, -0.1) is 0 Å². The molecule has 0 aliphatic carbocycles. The molecule has 1 fully saturated rings. The fourth-order valence-electron chi connectivity index (χ4n) is 3.51. The van der Waals surface area contributed by atoms with Crippen molar-refractivity contribution < 1.29 is 4.79 Å². The summed E-state index contributed by atoms with van der Waals surface area (Å²) < 4.78 is 0. The monoisotopic (exact) mass is 404 g/mol. The van der Waals surface area contributed by atoms with Gasteiger partial charge in [-0.3, -0.25) is 4.79 Å². The third-order valence-corrected chi connectivity index (χ3v) is 5.67. The highest BCUT2D eigenvalue weighted by molar-refractivity contribution is 6.35. The summed E-state index contributed by atoms with van der Waals surface area (Å²) >= 11 is 12.1. The van der Waals surface area contributed by atoms with Crippen LogP contribution in [0.2, 0.25) is 10.0 Å². The van der Waals surface area contributed by atoms with Gasteiger partial charge in [0, 0.05) is 41.8 Å². The maximum atomic E-state index is 12.1. The Hall–Kier alpha value is -1.71. The third kappa shape index (κ3) is 5.88. The number of carbonyl (C=O) groups excluding carboxylic acids is 1. The summed E-state index contributed by atoms with van der Waals surface area (Å²) in [5.41, 5.74) is 3.33. The molecule has 1 heterocycles. The van der Waals surface area contributed by atoms with Crippen LogP contribution in [0.4, 0.5) is 5.69 Å². The lowest BCUT2D eigenvalue weighted by molar-refractivity contribution is -0.121. The minimum Gasteiger partial charge on any atom is -0.371 e. The van der Waals surface area contributed by atoms with E-state index in [4.69, 9.17) is 23.2 Å². The number of nitrogens with one attached hydrogen (secondary N) is 1. The molecule has 5 heteroatoms. The quantitative estimate of drug-likeness (QED) is 0.690. The number of amides is 1. The molecule has 144 valence electrons. The Balaban J connectivity index is 1.46. The summed E-state index contributed by atoms with van der Waals surface area (Å²) in [7, 11) is 0. The largest absolute Gasteiger partial charge is 0.371 e. The Kier molecular flexibility index (Phi) is 7.03. The van der Waals surface area contributed by atoms with Crippen LogP contribution in [0.15, 0.2) is 42.5 Å². The molecule has 2 aromatic rings. The zero-order valence-corrected chi connectivity index (χ0v) is 17.2. The SMILES string of the molecule is C[C@@H]1CCCN(c2ccc(CNC(=O)CCc3ccc(Cl)cc3Cl)cc2)C1. The number of piperidine rings is 1. The number of hydrogen-bond donors (Lipinski definition) is 1. The lowest BCUT2D eigenvalue weighted by atomic mass is 9.99. The van der Waals surface area contributed by atoms with Crippen molar-refractivity contribution in [3.8, 4) is 0 Å². The molecule has 3 nitrogen and oxygen atoms in total. The molecule has 0 spiro atoms. The van der Waals surface area contributed by atoms with Crippen LogP contribution >= 0.6 is 23.2 Å². The molecular weight excluding hydrogens is 379 g/mol. The predicted molar refractivity (Wildman–Crippen MR) is 114 cm³/mol. The van der Waals surface area contributed by atoms with Gasteiger partial charge >= 0.3 is 0 Å². The Morgan fingerprint density at radius 3 is 2.67 bits per heavy atom. The Bertz CT molecular complexity index is 776. The number of aryl methyl sites for hydroxylation is 1. The summed E-state index contributed by atoms with van der Waals surface area (Å²) in [4.78, 5) is 14.6. The molecule has 0 radical (unpaired) electrons. The number of carbonyl (C=O) groups is 1. The van der Waals surface area contributed by atoms with Crippen molar-refractivity contribution >= 4 is 34.8 Å². The molecular formula is C22H26Cl2N2O. The number of benzene rings is 2. The van der Waals surface area contributed by atoms with Gasteiger partial charge in [-0.05, 0) is 60.6 Å². The summed E-state index contributed by atoms with van der Waals surface area (Å²) in [5.74, 6) is 0.779. The van der Waals surface area contributed by atoms with Gasteiger partial charge in [-0.2, -0.15) is 0 Å². The molecule has 1 saturated heterocycles. The van der Waals surface area contributed by atoms with Gasteiger partial charge in [-0.1, -0.05) is 48.3 Å². The van der Waals surface area contributed by atoms with Crippen molar-refractivity contribution in [3.05, 3.63) is 63.6 Å². The predicted octanol–water partition coefficient (Wildman–Crippen LogP) is 5.48. The van der Waals surface area contributed by atoms with Gasteiger partial charge in [0.15, 0.2) is 0 Å². The molecule has 2 aromatic carbocycles. The zero-order valence-electron chi connectivity index (χ0n) is 15.7. The summed E-state index contributed by atoms with van der Waals surface area (Å²) in [6, 6.07) is 13.9. The van der Waals surface area contributed by atoms with E-state index in [1.54, 1.807) is 12.1 Å². The molecule has 0 bridgehead atoms. The van der Waals surface area contributed by atoms with E-state index in [1.165, 1.54) is 18.5 Å². The second kappa shape index (κ2) is 9.48. The number of nitrogens with zero attached hydrogens (tertiary/aromatic N) is 1. The number of anilines is 1. The van der Waals surface area contributed by atoms with Gasteiger partial charge in [0.25, 0.3) is 0 Å². The first kappa shape index (κ1) is 20.0. The molecule has 1 amide bonds. The average molecular weight is 405 g/mol. The van der Waals surface area contributed by atoms with E-state index in [0.717, 1.165) is 30.1 Å². The van der Waals surface area contributed by atoms with Crippen molar-refractivity contribution in [2.75, 3.05) is 18.0 Å². The van der Waals surface area contributed by atoms with E-state index in [1.807, 2.05) is 6.07 Å². The topological polar surface area (TPSA) is 32.3 Å². The van der Waals surface area contributed by atoms with Gasteiger partial charge in [0.2, 0.25) is 5.91 Å². The smallest absolute Gasteiger partial charge is 0.220 e. The molecule has 27 heavy (non-hydrogen) atoms. The fourth-order valence-corrected chi connectivity index (χ4v) is 4.01. The second-order valence-electron chi connectivity index (χ2n) is 7.37. The Morgan fingerprint density at radius 2 is 1.96 bits per heavy atom. The molecule has 1 atom stereocenters. The van der Waals surface area contributed by atoms with Crippen LogP contribution in [-0.4, -0.2) is 19.0 Å². The van der Waals surface area contributed by atoms with Gasteiger partial charge in [0.05, 0.1) is 0 Å². The minimum atomic E-state index is 0.0231. The molecule has 0 unspecified atom stereocenters. The summed E-state index contributed by atoms with van der Waals surface area (Å²) in [5, 5.41) is 4.20. The van der Waals surface area contributed by atoms with Crippen molar-refractivity contribution in [1.82, 2.24) is 5.32 Å². The first-order valence-corrected chi connectivity index (χ1v) is 10.3. The van der Waals surface area contributed by atoms with Crippen LogP contribution in [0, 0.1) is 5.92 Å². The van der Waals surface area contributed by atoms with Crippen LogP contribution in [0.25, 0.3) is 0 Å². The molecule has 0 aromatic heterocycles. The van der Waals surface area contributed by atoms with Crippen LogP contribution in [0.1, 0.15) is 37.3 Å².